The highest BCUT2D eigenvalue weighted by molar-refractivity contribution is 7.99. The minimum Gasteiger partial charge on any atom is -0.550 e. The molecule has 0 aliphatic heterocycles. The lowest BCUT2D eigenvalue weighted by atomic mass is 9.84. The van der Waals surface area contributed by atoms with Gasteiger partial charge in [-0.1, -0.05) is 73.1 Å². The predicted octanol–water partition coefficient (Wildman–Crippen LogP) is -1.51. The Morgan fingerprint density at radius 2 is 1.21 bits per heavy atom. The fourth-order valence-electron chi connectivity index (χ4n) is 6.29. The molecule has 56 heavy (non-hydrogen) atoms. The zero-order chi connectivity index (χ0) is 42.5. The summed E-state index contributed by atoms with van der Waals surface area (Å²) in [5.74, 6) is -9.28. The van der Waals surface area contributed by atoms with Crippen molar-refractivity contribution in [2.75, 3.05) is 11.5 Å². The monoisotopic (exact) mass is 812 g/mol. The smallest absolute Gasteiger partial charge is 0.327 e. The van der Waals surface area contributed by atoms with E-state index in [-0.39, 0.29) is 30.4 Å². The highest BCUT2D eigenvalue weighted by Gasteiger charge is 2.36. The number of carboxylic acid groups (broad SMARTS) is 3. The summed E-state index contributed by atoms with van der Waals surface area (Å²) in [4.78, 5) is 114. The molecule has 1 aliphatic rings. The van der Waals surface area contributed by atoms with Crippen molar-refractivity contribution in [3.63, 3.8) is 0 Å². The average Bonchev–Trinajstić information content (AvgIpc) is 3.11. The minimum absolute atomic E-state index is 0.0336. The van der Waals surface area contributed by atoms with Crippen LogP contribution in [0.4, 0.5) is 0 Å². The first-order chi connectivity index (χ1) is 26.3. The molecule has 7 N–H and O–H groups in total. The molecule has 1 fully saturated rings. The van der Waals surface area contributed by atoms with Gasteiger partial charge in [0.25, 0.3) is 0 Å². The fraction of sp³-hybridized carbons (Fsp3) is 0.757. The van der Waals surface area contributed by atoms with Crippen molar-refractivity contribution in [1.82, 2.24) is 31.9 Å². The Morgan fingerprint density at radius 3 is 1.73 bits per heavy atom. The van der Waals surface area contributed by atoms with E-state index in [1.54, 1.807) is 27.7 Å². The number of aliphatic carboxylic acids is 3. The number of nitrogens with one attached hydrogen (secondary N) is 6. The van der Waals surface area contributed by atoms with E-state index in [2.05, 4.69) is 31.9 Å². The molecular formula is C37H60N6O12S-2. The number of amides is 6. The number of rotatable bonds is 26. The normalized spacial score (nSPS) is 16.8. The first-order valence-electron chi connectivity index (χ1n) is 19.3. The molecule has 1 saturated carbocycles. The molecule has 0 unspecified atom stereocenters. The third kappa shape index (κ3) is 18.9. The predicted molar refractivity (Wildman–Crippen MR) is 202 cm³/mol. The van der Waals surface area contributed by atoms with E-state index < -0.39 is 115 Å². The van der Waals surface area contributed by atoms with Crippen LogP contribution < -0.4 is 42.1 Å². The van der Waals surface area contributed by atoms with Crippen LogP contribution in [-0.2, 0) is 43.2 Å². The van der Waals surface area contributed by atoms with Crippen molar-refractivity contribution in [3.8, 4) is 0 Å². The van der Waals surface area contributed by atoms with Crippen LogP contribution in [0.2, 0.25) is 0 Å². The molecule has 318 valence electrons. The third-order valence-corrected chi connectivity index (χ3v) is 10.5. The number of carbonyl (C=O) groups is 9. The summed E-state index contributed by atoms with van der Waals surface area (Å²) in [7, 11) is 0. The second-order valence-corrected chi connectivity index (χ2v) is 16.0. The summed E-state index contributed by atoms with van der Waals surface area (Å²) in [6.45, 7) is 9.92. The van der Waals surface area contributed by atoms with Crippen molar-refractivity contribution >= 4 is 65.1 Å². The van der Waals surface area contributed by atoms with Crippen LogP contribution >= 0.6 is 11.8 Å². The largest absolute Gasteiger partial charge is 0.550 e. The molecule has 7 atom stereocenters. The molecule has 0 aromatic heterocycles. The van der Waals surface area contributed by atoms with Crippen molar-refractivity contribution in [2.24, 2.45) is 17.8 Å². The second-order valence-electron chi connectivity index (χ2n) is 14.7. The Balaban J connectivity index is 3.37. The first-order valence-corrected chi connectivity index (χ1v) is 20.4. The lowest BCUT2D eigenvalue weighted by Gasteiger charge is -2.31. The summed E-state index contributed by atoms with van der Waals surface area (Å²) < 4.78 is 0. The topological polar surface area (TPSA) is 292 Å². The zero-order valence-electron chi connectivity index (χ0n) is 33.2. The molecule has 0 aromatic rings. The maximum Gasteiger partial charge on any atom is 0.327 e. The van der Waals surface area contributed by atoms with Gasteiger partial charge in [0.15, 0.2) is 0 Å². The third-order valence-electron chi connectivity index (χ3n) is 9.50. The highest BCUT2D eigenvalue weighted by atomic mass is 32.2. The van der Waals surface area contributed by atoms with Crippen LogP contribution in [0.15, 0.2) is 0 Å². The molecule has 0 bridgehead atoms. The van der Waals surface area contributed by atoms with Gasteiger partial charge in [0, 0.05) is 31.0 Å². The maximum absolute atomic E-state index is 14.0. The van der Waals surface area contributed by atoms with Crippen molar-refractivity contribution in [1.29, 1.82) is 0 Å². The second kappa shape index (κ2) is 25.7. The maximum atomic E-state index is 14.0. The SMILES string of the molecule is CCSC[C@H](NC(=O)[C@H](CC1CCCCC1)NC(=O)[C@@H](NC(=O)[C@H](CC(C)C)NC(=O)[C@@H](CCC(=O)[O-])NC(=O)[C@H](CC(=O)[O-])NC(C)=O)[C@H](C)CC)C(=O)O. The van der Waals surface area contributed by atoms with Crippen LogP contribution in [0.3, 0.4) is 0 Å². The number of carboxylic acids is 3. The molecule has 1 rings (SSSR count). The van der Waals surface area contributed by atoms with Crippen LogP contribution in [-0.4, -0.2) is 106 Å². The molecule has 0 saturated heterocycles. The number of carbonyl (C=O) groups excluding carboxylic acids is 8. The quantitative estimate of drug-likeness (QED) is 0.0524. The summed E-state index contributed by atoms with van der Waals surface area (Å²) in [6.07, 6.45) is 3.18. The zero-order valence-corrected chi connectivity index (χ0v) is 34.1. The highest BCUT2D eigenvalue weighted by Crippen LogP contribution is 2.27. The Bertz CT molecular complexity index is 1360. The van der Waals surface area contributed by atoms with E-state index in [0.717, 1.165) is 39.0 Å². The van der Waals surface area contributed by atoms with E-state index in [9.17, 15) is 58.5 Å². The average molecular weight is 813 g/mol. The van der Waals surface area contributed by atoms with Gasteiger partial charge in [-0.2, -0.15) is 11.8 Å². The molecule has 19 heteroatoms. The number of hydrogen-bond donors (Lipinski definition) is 7. The van der Waals surface area contributed by atoms with Gasteiger partial charge in [-0.05, 0) is 49.2 Å². The molecule has 18 nitrogen and oxygen atoms in total. The van der Waals surface area contributed by atoms with Gasteiger partial charge >= 0.3 is 5.97 Å². The van der Waals surface area contributed by atoms with Gasteiger partial charge in [0.2, 0.25) is 35.4 Å². The number of hydrogen-bond acceptors (Lipinski definition) is 12. The van der Waals surface area contributed by atoms with E-state index in [4.69, 9.17) is 0 Å². The van der Waals surface area contributed by atoms with Crippen LogP contribution in [0, 0.1) is 17.8 Å². The molecule has 0 spiro atoms. The van der Waals surface area contributed by atoms with Crippen molar-refractivity contribution in [2.45, 2.75) is 148 Å². The van der Waals surface area contributed by atoms with Gasteiger partial charge in [-0.3, -0.25) is 28.8 Å². The molecular weight excluding hydrogens is 753 g/mol. The molecule has 6 amide bonds. The van der Waals surface area contributed by atoms with E-state index in [1.807, 2.05) is 6.92 Å². The van der Waals surface area contributed by atoms with E-state index in [1.165, 1.54) is 11.8 Å². The summed E-state index contributed by atoms with van der Waals surface area (Å²) in [5, 5.41) is 47.2. The molecule has 0 radical (unpaired) electrons. The molecule has 0 aromatic carbocycles. The van der Waals surface area contributed by atoms with Gasteiger partial charge < -0.3 is 56.8 Å². The Hall–Kier alpha value is -4.42. The Labute approximate surface area is 332 Å². The summed E-state index contributed by atoms with van der Waals surface area (Å²) >= 11 is 1.34. The van der Waals surface area contributed by atoms with Crippen LogP contribution in [0.5, 0.6) is 0 Å². The lowest BCUT2D eigenvalue weighted by Crippen LogP contribution is -2.61. The van der Waals surface area contributed by atoms with E-state index in [0.29, 0.717) is 12.2 Å². The lowest BCUT2D eigenvalue weighted by molar-refractivity contribution is -0.307. The van der Waals surface area contributed by atoms with Crippen LogP contribution in [0.1, 0.15) is 112 Å². The minimum atomic E-state index is -1.68. The van der Waals surface area contributed by atoms with Gasteiger partial charge in [0.05, 0.1) is 0 Å². The van der Waals surface area contributed by atoms with Crippen LogP contribution in [0.25, 0.3) is 0 Å². The Morgan fingerprint density at radius 1 is 0.679 bits per heavy atom. The fourth-order valence-corrected chi connectivity index (χ4v) is 6.98. The Kier molecular flexibility index (Phi) is 22.7. The van der Waals surface area contributed by atoms with E-state index >= 15 is 0 Å². The molecule has 0 heterocycles. The first kappa shape index (κ1) is 49.6. The summed E-state index contributed by atoms with van der Waals surface area (Å²) in [5.41, 5.74) is 0. The van der Waals surface area contributed by atoms with Gasteiger partial charge in [-0.25, -0.2) is 4.79 Å². The van der Waals surface area contributed by atoms with Crippen molar-refractivity contribution < 1.29 is 58.5 Å². The summed E-state index contributed by atoms with van der Waals surface area (Å²) in [6, 6.07) is -8.07. The van der Waals surface area contributed by atoms with Crippen molar-refractivity contribution in [3.05, 3.63) is 0 Å². The standard InChI is InChI=1S/C37H62N6O12S/c1-7-21(5)31(36(53)41-26(17-23-12-10-9-11-13-23)33(50)42-28(37(54)55)19-56-8-2)43-35(52)25(16-20(3)4)40-32(49)24(14-15-29(45)46)39-34(51)27(18-30(47)48)38-22(6)44/h20-21,23-28,31H,7-19H2,1-6H3,(H,38,44)(H,39,51)(H,40,49)(H,41,53)(H,42,50)(H,43,52)(H,45,46)(H,47,48)(H,54,55)/p-2/t21-,24-,25+,26+,27+,28+,31+/m1/s1. The van der Waals surface area contributed by atoms with Gasteiger partial charge in [0.1, 0.15) is 36.3 Å². The molecule has 1 aliphatic carbocycles. The van der Waals surface area contributed by atoms with Gasteiger partial charge in [-0.15, -0.1) is 0 Å². The number of thioether (sulfide) groups is 1.